The molecule has 1 heterocycles. The summed E-state index contributed by atoms with van der Waals surface area (Å²) in [6.45, 7) is 0. The number of aromatic nitrogens is 3. The third-order valence-corrected chi connectivity index (χ3v) is 3.82. The zero-order valence-corrected chi connectivity index (χ0v) is 11.6. The minimum Gasteiger partial charge on any atom is -0.383 e. The lowest BCUT2D eigenvalue weighted by Gasteiger charge is -2.29. The molecule has 110 valence electrons. The first-order chi connectivity index (χ1) is 10.2. The molecule has 21 heavy (non-hydrogen) atoms. The van der Waals surface area contributed by atoms with E-state index in [0.717, 1.165) is 24.1 Å². The van der Waals surface area contributed by atoms with Crippen LogP contribution in [0.3, 0.4) is 0 Å². The van der Waals surface area contributed by atoms with E-state index in [1.54, 1.807) is 24.3 Å². The van der Waals surface area contributed by atoms with Crippen molar-refractivity contribution in [3.8, 4) is 0 Å². The predicted octanol–water partition coefficient (Wildman–Crippen LogP) is 1.70. The van der Waals surface area contributed by atoms with Crippen LogP contribution in [0.15, 0.2) is 36.5 Å². The van der Waals surface area contributed by atoms with Gasteiger partial charge in [0.1, 0.15) is 11.3 Å². The van der Waals surface area contributed by atoms with Crippen LogP contribution in [-0.2, 0) is 5.60 Å². The van der Waals surface area contributed by atoms with Crippen LogP contribution >= 0.6 is 0 Å². The first-order valence-corrected chi connectivity index (χ1v) is 7.10. The van der Waals surface area contributed by atoms with Crippen LogP contribution in [0.1, 0.15) is 48.2 Å². The van der Waals surface area contributed by atoms with E-state index in [2.05, 4.69) is 10.3 Å². The molecule has 1 saturated carbocycles. The van der Waals surface area contributed by atoms with E-state index >= 15 is 0 Å². The highest BCUT2D eigenvalue weighted by Gasteiger charge is 2.34. The first kappa shape index (κ1) is 13.8. The van der Waals surface area contributed by atoms with Crippen molar-refractivity contribution in [2.24, 2.45) is 0 Å². The molecule has 1 fully saturated rings. The number of aliphatic hydroxyl groups is 1. The Hall–Kier alpha value is -2.21. The maximum absolute atomic E-state index is 11.9. The molecule has 0 unspecified atom stereocenters. The Kier molecular flexibility index (Phi) is 3.70. The molecule has 0 radical (unpaired) electrons. The van der Waals surface area contributed by atoms with E-state index in [1.807, 2.05) is 6.07 Å². The normalized spacial score (nSPS) is 17.4. The molecule has 0 saturated heterocycles. The van der Waals surface area contributed by atoms with Crippen molar-refractivity contribution in [2.75, 3.05) is 0 Å². The molecule has 0 bridgehead atoms. The lowest BCUT2D eigenvalue weighted by molar-refractivity contribution is -0.00510. The molecule has 0 spiro atoms. The lowest BCUT2D eigenvalue weighted by Crippen LogP contribution is -2.29. The van der Waals surface area contributed by atoms with Gasteiger partial charge in [-0.05, 0) is 30.2 Å². The number of hydrogen-bond donors (Lipinski definition) is 1. The summed E-state index contributed by atoms with van der Waals surface area (Å²) in [4.78, 5) is 18.0. The molecule has 1 N–H and O–H groups in total. The fraction of sp³-hybridized carbons (Fsp3) is 0.400. The second-order valence-electron chi connectivity index (χ2n) is 5.34. The molecular weight excluding hydrogens is 270 g/mol. The molecule has 0 amide bonds. The Bertz CT molecular complexity index is 618. The summed E-state index contributed by atoms with van der Waals surface area (Å²) >= 11 is 0. The topological polar surface area (TPSA) is 77.2 Å². The Balaban J connectivity index is 1.72. The third kappa shape index (κ3) is 2.95. The van der Waals surface area contributed by atoms with Crippen molar-refractivity contribution >= 4 is 5.97 Å². The van der Waals surface area contributed by atoms with Crippen molar-refractivity contribution < 1.29 is 14.7 Å². The number of carbonyl (C=O) groups is 1. The number of hydrogen-bond acceptors (Lipinski definition) is 5. The minimum absolute atomic E-state index is 0.436. The first-order valence-electron chi connectivity index (χ1n) is 7.10. The molecule has 0 atom stereocenters. The van der Waals surface area contributed by atoms with Gasteiger partial charge < -0.3 is 9.94 Å². The maximum atomic E-state index is 11.9. The largest absolute Gasteiger partial charge is 0.383 e. The van der Waals surface area contributed by atoms with E-state index in [1.165, 1.54) is 6.20 Å². The molecule has 1 aromatic carbocycles. The van der Waals surface area contributed by atoms with Crippen molar-refractivity contribution in [1.29, 1.82) is 0 Å². The summed E-state index contributed by atoms with van der Waals surface area (Å²) in [5.41, 5.74) is -0.0515. The second kappa shape index (κ2) is 5.65. The zero-order valence-electron chi connectivity index (χ0n) is 11.6. The Morgan fingerprint density at radius 2 is 1.90 bits per heavy atom. The van der Waals surface area contributed by atoms with Gasteiger partial charge in [0, 0.05) is 0 Å². The van der Waals surface area contributed by atoms with Gasteiger partial charge in [0.15, 0.2) is 0 Å². The Morgan fingerprint density at radius 3 is 2.62 bits per heavy atom. The van der Waals surface area contributed by atoms with Gasteiger partial charge in [-0.15, -0.1) is 5.10 Å². The smallest absolute Gasteiger partial charge is 0.365 e. The van der Waals surface area contributed by atoms with Gasteiger partial charge in [0.25, 0.3) is 0 Å². The summed E-state index contributed by atoms with van der Waals surface area (Å²) in [6.07, 6.45) is 5.86. The third-order valence-electron chi connectivity index (χ3n) is 3.82. The standard InChI is InChI=1S/C15H17N3O3/c19-14(12-7-3-1-4-8-12)21-18-11-13(16-17-18)15(20)9-5-2-6-10-15/h1,3-4,7-8,11,20H,2,5-6,9-10H2. The molecule has 1 aliphatic carbocycles. The van der Waals surface area contributed by atoms with Crippen molar-refractivity contribution in [2.45, 2.75) is 37.7 Å². The molecule has 6 heteroatoms. The highest BCUT2D eigenvalue weighted by molar-refractivity contribution is 5.89. The summed E-state index contributed by atoms with van der Waals surface area (Å²) < 4.78 is 0. The zero-order chi connectivity index (χ0) is 14.7. The summed E-state index contributed by atoms with van der Waals surface area (Å²) in [5.74, 6) is -0.511. The average Bonchev–Trinajstić information content (AvgIpc) is 2.98. The van der Waals surface area contributed by atoms with Gasteiger partial charge in [0.05, 0.1) is 11.8 Å². The average molecular weight is 287 g/mol. The Morgan fingerprint density at radius 1 is 1.19 bits per heavy atom. The maximum Gasteiger partial charge on any atom is 0.365 e. The van der Waals surface area contributed by atoms with Crippen LogP contribution in [0.4, 0.5) is 0 Å². The molecule has 6 nitrogen and oxygen atoms in total. The van der Waals surface area contributed by atoms with E-state index in [4.69, 9.17) is 4.84 Å². The van der Waals surface area contributed by atoms with Gasteiger partial charge in [-0.25, -0.2) is 4.79 Å². The summed E-state index contributed by atoms with van der Waals surface area (Å²) in [6, 6.07) is 8.66. The van der Waals surface area contributed by atoms with Crippen LogP contribution in [0.5, 0.6) is 0 Å². The van der Waals surface area contributed by atoms with Crippen LogP contribution in [-0.4, -0.2) is 26.2 Å². The molecule has 3 rings (SSSR count). The van der Waals surface area contributed by atoms with E-state index < -0.39 is 11.6 Å². The fourth-order valence-electron chi connectivity index (χ4n) is 2.61. The van der Waals surface area contributed by atoms with Gasteiger partial charge in [-0.3, -0.25) is 0 Å². The minimum atomic E-state index is -0.949. The quantitative estimate of drug-likeness (QED) is 0.869. The van der Waals surface area contributed by atoms with Gasteiger partial charge >= 0.3 is 5.97 Å². The highest BCUT2D eigenvalue weighted by atomic mass is 16.7. The number of benzene rings is 1. The number of carbonyl (C=O) groups excluding carboxylic acids is 1. The number of rotatable bonds is 3. The molecule has 1 aromatic heterocycles. The van der Waals surface area contributed by atoms with Crippen LogP contribution < -0.4 is 4.84 Å². The molecule has 1 aliphatic rings. The predicted molar refractivity (Wildman–Crippen MR) is 74.4 cm³/mol. The lowest BCUT2D eigenvalue weighted by atomic mass is 9.83. The van der Waals surface area contributed by atoms with Crippen molar-refractivity contribution in [3.63, 3.8) is 0 Å². The monoisotopic (exact) mass is 287 g/mol. The van der Waals surface area contributed by atoms with E-state index in [9.17, 15) is 9.90 Å². The van der Waals surface area contributed by atoms with Gasteiger partial charge in [-0.2, -0.15) is 0 Å². The Labute approximate surface area is 122 Å². The summed E-state index contributed by atoms with van der Waals surface area (Å²) in [5, 5.41) is 18.3. The second-order valence-corrected chi connectivity index (χ2v) is 5.34. The van der Waals surface area contributed by atoms with E-state index in [-0.39, 0.29) is 0 Å². The molecule has 0 aliphatic heterocycles. The fourth-order valence-corrected chi connectivity index (χ4v) is 2.61. The van der Waals surface area contributed by atoms with Gasteiger partial charge in [0.2, 0.25) is 0 Å². The summed E-state index contributed by atoms with van der Waals surface area (Å²) in [7, 11) is 0. The molecular formula is C15H17N3O3. The van der Waals surface area contributed by atoms with Crippen molar-refractivity contribution in [3.05, 3.63) is 47.8 Å². The SMILES string of the molecule is O=C(On1cc(C2(O)CCCCC2)nn1)c1ccccc1. The van der Waals surface area contributed by atoms with Crippen LogP contribution in [0, 0.1) is 0 Å². The highest BCUT2D eigenvalue weighted by Crippen LogP contribution is 2.35. The van der Waals surface area contributed by atoms with Crippen LogP contribution in [0.2, 0.25) is 0 Å². The van der Waals surface area contributed by atoms with Gasteiger partial charge in [-0.1, -0.05) is 42.3 Å². The van der Waals surface area contributed by atoms with Crippen molar-refractivity contribution in [1.82, 2.24) is 15.2 Å². The van der Waals surface area contributed by atoms with Crippen LogP contribution in [0.25, 0.3) is 0 Å². The molecule has 2 aromatic rings. The van der Waals surface area contributed by atoms with E-state index in [0.29, 0.717) is 24.1 Å². The number of nitrogens with zero attached hydrogens (tertiary/aromatic N) is 3.